The zero-order valence-electron chi connectivity index (χ0n) is 8.53. The molecule has 0 atom stereocenters. The highest BCUT2D eigenvalue weighted by atomic mass is 79.9. The summed E-state index contributed by atoms with van der Waals surface area (Å²) >= 11 is 4.97. The van der Waals surface area contributed by atoms with Crippen molar-refractivity contribution in [1.29, 1.82) is 0 Å². The maximum absolute atomic E-state index is 5.25. The molecule has 0 saturated carbocycles. The second kappa shape index (κ2) is 4.37. The first-order valence-corrected chi connectivity index (χ1v) is 6.19. The molecule has 15 heavy (non-hydrogen) atoms. The van der Waals surface area contributed by atoms with Crippen molar-refractivity contribution < 1.29 is 4.42 Å². The molecule has 2 rings (SSSR count). The molecule has 0 unspecified atom stereocenters. The predicted molar refractivity (Wildman–Crippen MR) is 65.4 cm³/mol. The van der Waals surface area contributed by atoms with E-state index in [0.717, 1.165) is 22.0 Å². The average molecular weight is 287 g/mol. The number of thiazole rings is 1. The maximum Gasteiger partial charge on any atom is 0.186 e. The number of rotatable bonds is 3. The molecule has 0 amide bonds. The first-order chi connectivity index (χ1) is 7.16. The monoisotopic (exact) mass is 286 g/mol. The lowest BCUT2D eigenvalue weighted by Crippen LogP contribution is -2.16. The van der Waals surface area contributed by atoms with Crippen LogP contribution in [0.3, 0.4) is 0 Å². The fourth-order valence-electron chi connectivity index (χ4n) is 1.32. The van der Waals surface area contributed by atoms with E-state index in [0.29, 0.717) is 0 Å². The number of nitrogens with zero attached hydrogens (tertiary/aromatic N) is 2. The van der Waals surface area contributed by atoms with Gasteiger partial charge in [0.1, 0.15) is 10.4 Å². The lowest BCUT2D eigenvalue weighted by Gasteiger charge is -2.14. The topological polar surface area (TPSA) is 29.3 Å². The SMILES string of the molecule is Cc1occc1CN(C)c1nc(Br)cs1. The Labute approximate surface area is 101 Å². The van der Waals surface area contributed by atoms with Gasteiger partial charge >= 0.3 is 0 Å². The second-order valence-electron chi connectivity index (χ2n) is 3.31. The van der Waals surface area contributed by atoms with E-state index in [1.54, 1.807) is 17.6 Å². The lowest BCUT2D eigenvalue weighted by molar-refractivity contribution is 0.529. The molecule has 2 aromatic rings. The van der Waals surface area contributed by atoms with Crippen LogP contribution in [0.1, 0.15) is 11.3 Å². The second-order valence-corrected chi connectivity index (χ2v) is 4.96. The third kappa shape index (κ3) is 2.41. The van der Waals surface area contributed by atoms with E-state index in [2.05, 4.69) is 25.8 Å². The largest absolute Gasteiger partial charge is 0.469 e. The summed E-state index contributed by atoms with van der Waals surface area (Å²) in [5, 5.41) is 2.98. The van der Waals surface area contributed by atoms with Crippen LogP contribution in [0.2, 0.25) is 0 Å². The molecule has 0 bridgehead atoms. The number of hydrogen-bond donors (Lipinski definition) is 0. The highest BCUT2D eigenvalue weighted by Gasteiger charge is 2.09. The number of aryl methyl sites for hydroxylation is 1. The molecule has 80 valence electrons. The fraction of sp³-hybridized carbons (Fsp3) is 0.300. The molecule has 0 aliphatic rings. The van der Waals surface area contributed by atoms with Crippen LogP contribution in [0, 0.1) is 6.92 Å². The fourth-order valence-corrected chi connectivity index (χ4v) is 2.54. The van der Waals surface area contributed by atoms with Gasteiger partial charge in [0, 0.05) is 24.5 Å². The third-order valence-corrected chi connectivity index (χ3v) is 3.83. The van der Waals surface area contributed by atoms with Crippen LogP contribution in [0.4, 0.5) is 5.13 Å². The van der Waals surface area contributed by atoms with Crippen LogP contribution in [0.25, 0.3) is 0 Å². The van der Waals surface area contributed by atoms with Gasteiger partial charge in [0.05, 0.1) is 6.26 Å². The molecular formula is C10H11BrN2OS. The van der Waals surface area contributed by atoms with Gasteiger partial charge < -0.3 is 9.32 Å². The van der Waals surface area contributed by atoms with Gasteiger partial charge in [-0.1, -0.05) is 0 Å². The summed E-state index contributed by atoms with van der Waals surface area (Å²) in [5.74, 6) is 0.970. The molecule has 0 aliphatic carbocycles. The molecule has 0 radical (unpaired) electrons. The van der Waals surface area contributed by atoms with Gasteiger partial charge in [0.2, 0.25) is 0 Å². The molecule has 0 saturated heterocycles. The quantitative estimate of drug-likeness (QED) is 0.866. The molecule has 0 fully saturated rings. The third-order valence-electron chi connectivity index (χ3n) is 2.16. The Morgan fingerprint density at radius 1 is 1.60 bits per heavy atom. The molecule has 0 N–H and O–H groups in total. The molecule has 0 aromatic carbocycles. The summed E-state index contributed by atoms with van der Waals surface area (Å²) in [6, 6.07) is 1.99. The standard InChI is InChI=1S/C10H11BrN2OS/c1-7-8(3-4-14-7)5-13(2)10-12-9(11)6-15-10/h3-4,6H,5H2,1-2H3. The minimum atomic E-state index is 0.822. The number of aromatic nitrogens is 1. The maximum atomic E-state index is 5.25. The van der Waals surface area contributed by atoms with Gasteiger partial charge in [-0.05, 0) is 28.9 Å². The highest BCUT2D eigenvalue weighted by molar-refractivity contribution is 9.10. The van der Waals surface area contributed by atoms with Crippen molar-refractivity contribution in [2.75, 3.05) is 11.9 Å². The zero-order valence-corrected chi connectivity index (χ0v) is 10.9. The summed E-state index contributed by atoms with van der Waals surface area (Å²) in [6.45, 7) is 2.79. The van der Waals surface area contributed by atoms with Crippen molar-refractivity contribution in [2.24, 2.45) is 0 Å². The van der Waals surface area contributed by atoms with Crippen molar-refractivity contribution in [3.8, 4) is 0 Å². The lowest BCUT2D eigenvalue weighted by atomic mass is 10.2. The van der Waals surface area contributed by atoms with Crippen molar-refractivity contribution >= 4 is 32.4 Å². The first kappa shape index (κ1) is 10.7. The minimum Gasteiger partial charge on any atom is -0.469 e. The highest BCUT2D eigenvalue weighted by Crippen LogP contribution is 2.24. The van der Waals surface area contributed by atoms with Gasteiger partial charge in [-0.15, -0.1) is 11.3 Å². The number of halogens is 1. The Bertz CT molecular complexity index is 452. The van der Waals surface area contributed by atoms with E-state index >= 15 is 0 Å². The van der Waals surface area contributed by atoms with Gasteiger partial charge in [-0.2, -0.15) is 0 Å². The van der Waals surface area contributed by atoms with Crippen molar-refractivity contribution in [3.05, 3.63) is 33.6 Å². The summed E-state index contributed by atoms with van der Waals surface area (Å²) in [6.07, 6.45) is 1.72. The predicted octanol–water partition coefficient (Wildman–Crippen LogP) is 3.44. The number of anilines is 1. The molecule has 0 spiro atoms. The summed E-state index contributed by atoms with van der Waals surface area (Å²) in [5.41, 5.74) is 1.20. The van der Waals surface area contributed by atoms with E-state index < -0.39 is 0 Å². The summed E-state index contributed by atoms with van der Waals surface area (Å²) in [7, 11) is 2.03. The van der Waals surface area contributed by atoms with Crippen molar-refractivity contribution in [1.82, 2.24) is 4.98 Å². The van der Waals surface area contributed by atoms with Crippen molar-refractivity contribution in [3.63, 3.8) is 0 Å². The van der Waals surface area contributed by atoms with E-state index in [9.17, 15) is 0 Å². The molecule has 2 aromatic heterocycles. The zero-order chi connectivity index (χ0) is 10.8. The van der Waals surface area contributed by atoms with Crippen LogP contribution in [0.15, 0.2) is 26.7 Å². The van der Waals surface area contributed by atoms with Crippen LogP contribution in [0.5, 0.6) is 0 Å². The Morgan fingerprint density at radius 2 is 2.40 bits per heavy atom. The normalized spacial score (nSPS) is 10.6. The van der Waals surface area contributed by atoms with E-state index in [-0.39, 0.29) is 0 Å². The van der Waals surface area contributed by atoms with Crippen LogP contribution in [-0.4, -0.2) is 12.0 Å². The molecule has 2 heterocycles. The van der Waals surface area contributed by atoms with Gasteiger partial charge in [-0.25, -0.2) is 4.98 Å². The number of hydrogen-bond acceptors (Lipinski definition) is 4. The van der Waals surface area contributed by atoms with Crippen LogP contribution in [-0.2, 0) is 6.54 Å². The first-order valence-electron chi connectivity index (χ1n) is 4.52. The summed E-state index contributed by atoms with van der Waals surface area (Å²) in [4.78, 5) is 6.46. The van der Waals surface area contributed by atoms with Crippen LogP contribution < -0.4 is 4.90 Å². The Morgan fingerprint density at radius 3 is 2.93 bits per heavy atom. The Hall–Kier alpha value is -0.810. The molecule has 3 nitrogen and oxygen atoms in total. The number of furan rings is 1. The average Bonchev–Trinajstić information content (AvgIpc) is 2.77. The minimum absolute atomic E-state index is 0.822. The molecular weight excluding hydrogens is 276 g/mol. The van der Waals surface area contributed by atoms with Gasteiger partial charge in [-0.3, -0.25) is 0 Å². The van der Waals surface area contributed by atoms with E-state index in [1.807, 2.05) is 25.4 Å². The van der Waals surface area contributed by atoms with Gasteiger partial charge in [0.25, 0.3) is 0 Å². The van der Waals surface area contributed by atoms with E-state index in [1.165, 1.54) is 5.56 Å². The Balaban J connectivity index is 2.10. The van der Waals surface area contributed by atoms with Gasteiger partial charge in [0.15, 0.2) is 5.13 Å². The Kier molecular flexibility index (Phi) is 3.11. The smallest absolute Gasteiger partial charge is 0.186 e. The van der Waals surface area contributed by atoms with E-state index in [4.69, 9.17) is 4.42 Å². The summed E-state index contributed by atoms with van der Waals surface area (Å²) < 4.78 is 6.14. The van der Waals surface area contributed by atoms with Crippen LogP contribution >= 0.6 is 27.3 Å². The molecule has 0 aliphatic heterocycles. The molecule has 5 heteroatoms. The van der Waals surface area contributed by atoms with Crippen molar-refractivity contribution in [2.45, 2.75) is 13.5 Å².